The molecule has 0 unspecified atom stereocenters. The minimum absolute atomic E-state index is 0. The predicted molar refractivity (Wildman–Crippen MR) is 26.2 cm³/mol. The van der Waals surface area contributed by atoms with Crippen LogP contribution in [-0.2, 0) is 0 Å². The predicted octanol–water partition coefficient (Wildman–Crippen LogP) is -5.50. The minimum Gasteiger partial charge on any atom is -1.00 e. The van der Waals surface area contributed by atoms with Gasteiger partial charge in [-0.15, -0.1) is 0 Å². The maximum Gasteiger partial charge on any atom is 2.00 e. The summed E-state index contributed by atoms with van der Waals surface area (Å²) in [4.78, 5) is 29.3. The fraction of sp³-hybridized carbons (Fsp3) is 0. The van der Waals surface area contributed by atoms with Gasteiger partial charge in [0.25, 0.3) is 0 Å². The maximum atomic E-state index is 7.33. The molecule has 0 rings (SSSR count). The smallest absolute Gasteiger partial charge is 1.00 e. The summed E-state index contributed by atoms with van der Waals surface area (Å²) in [7, 11) is -4.61. The largest absolute Gasteiger partial charge is 2.00 e. The quantitative estimate of drug-likeness (QED) is 0.271. The summed E-state index contributed by atoms with van der Waals surface area (Å²) in [5.41, 5.74) is 0. The molecule has 0 saturated heterocycles. The molecule has 0 aromatic carbocycles. The number of halogens is 1. The first-order valence-corrected chi connectivity index (χ1v) is 2.68. The van der Waals surface area contributed by atoms with E-state index in [2.05, 4.69) is 0 Å². The first-order chi connectivity index (χ1) is 2.00. The van der Waals surface area contributed by atoms with Gasteiger partial charge in [-0.05, 0) is 0 Å². The molecule has 8 heavy (non-hydrogen) atoms. The average molecular weight is 166 g/mol. The van der Waals surface area contributed by atoms with E-state index in [1.165, 1.54) is 0 Å². The molecular formula is H8FMgNaO4Si. The molecule has 0 aliphatic rings. The summed E-state index contributed by atoms with van der Waals surface area (Å²) in [5, 5.41) is 0. The van der Waals surface area contributed by atoms with Crippen molar-refractivity contribution >= 4 is 32.1 Å². The van der Waals surface area contributed by atoms with Crippen LogP contribution in [0.15, 0.2) is 0 Å². The Labute approximate surface area is 89.3 Å². The van der Waals surface area contributed by atoms with Crippen LogP contribution in [-0.4, -0.2) is 51.3 Å². The zero-order chi connectivity index (χ0) is 4.50. The summed E-state index contributed by atoms with van der Waals surface area (Å²) in [6.07, 6.45) is 0. The van der Waals surface area contributed by atoms with Gasteiger partial charge in [0.05, 0.1) is 0 Å². The Morgan fingerprint density at radius 3 is 1.00 bits per heavy atom. The molecule has 0 aromatic heterocycles. The van der Waals surface area contributed by atoms with Crippen LogP contribution >= 0.6 is 0 Å². The Morgan fingerprint density at radius 2 is 1.00 bits per heavy atom. The summed E-state index contributed by atoms with van der Waals surface area (Å²) in [6, 6.07) is 0. The van der Waals surface area contributed by atoms with Gasteiger partial charge >= 0.3 is 61.7 Å². The van der Waals surface area contributed by atoms with E-state index >= 15 is 0 Å². The van der Waals surface area contributed by atoms with Gasteiger partial charge in [0.2, 0.25) is 0 Å². The molecule has 4 nitrogen and oxygen atoms in total. The molecule has 0 saturated carbocycles. The zero-order valence-corrected chi connectivity index (χ0v) is 8.82. The Balaban J connectivity index is -0.00000000533. The van der Waals surface area contributed by atoms with Gasteiger partial charge in [-0.2, -0.15) is 0 Å². The molecule has 0 bridgehead atoms. The summed E-state index contributed by atoms with van der Waals surface area (Å²) in [6.45, 7) is 0. The molecule has 4 N–H and O–H groups in total. The molecule has 0 radical (unpaired) electrons. The van der Waals surface area contributed by atoms with E-state index in [0.717, 1.165) is 0 Å². The fourth-order valence-electron chi connectivity index (χ4n) is 0. The van der Waals surface area contributed by atoms with Crippen molar-refractivity contribution in [3.8, 4) is 0 Å². The second kappa shape index (κ2) is 8.75. The van der Waals surface area contributed by atoms with Gasteiger partial charge in [-0.3, -0.25) is 4.70 Å². The summed E-state index contributed by atoms with van der Waals surface area (Å²) < 4.78 is 0. The average Bonchev–Trinajstić information content (AvgIpc) is 0.722. The molecule has 8 heteroatoms. The van der Waals surface area contributed by atoms with Gasteiger partial charge < -0.3 is 23.5 Å². The molecule has 46 valence electrons. The third kappa shape index (κ3) is 115. The van der Waals surface area contributed by atoms with Crippen molar-refractivity contribution in [2.75, 3.05) is 0 Å². The SMILES string of the molecule is F.O[Si](O)(O)O.[H-].[H-].[H-].[Mg+2].[Na+]. The first-order valence-electron chi connectivity index (χ1n) is 0.894. The van der Waals surface area contributed by atoms with Crippen molar-refractivity contribution in [2.24, 2.45) is 0 Å². The van der Waals surface area contributed by atoms with Gasteiger partial charge in [-0.25, -0.2) is 0 Å². The second-order valence-corrected chi connectivity index (χ2v) is 1.80. The monoisotopic (exact) mass is 166 g/mol. The molecule has 0 aliphatic carbocycles. The van der Waals surface area contributed by atoms with Crippen LogP contribution in [0.2, 0.25) is 0 Å². The summed E-state index contributed by atoms with van der Waals surface area (Å²) >= 11 is 0. The molecule has 0 spiro atoms. The molecule has 0 aliphatic heterocycles. The number of rotatable bonds is 0. The van der Waals surface area contributed by atoms with Crippen molar-refractivity contribution < 1.29 is 57.7 Å². The maximum absolute atomic E-state index is 7.33. The zero-order valence-electron chi connectivity index (χ0n) is 7.40. The minimum atomic E-state index is -4.61. The molecular weight excluding hydrogens is 158 g/mol. The standard InChI is InChI=1S/FH.Mg.Na.H4O4Si.3H/c;;;1-5(2,3)4;;;/h1H;;;1-4H;;;/q;+2;+1;;3*-1. The van der Waals surface area contributed by atoms with Crippen LogP contribution in [0.4, 0.5) is 4.70 Å². The van der Waals surface area contributed by atoms with Crippen molar-refractivity contribution in [3.05, 3.63) is 0 Å². The van der Waals surface area contributed by atoms with Crippen LogP contribution in [0, 0.1) is 0 Å². The molecule has 0 atom stereocenters. The van der Waals surface area contributed by atoms with Crippen LogP contribution in [0.25, 0.3) is 0 Å². The fourth-order valence-corrected chi connectivity index (χ4v) is 0. The van der Waals surface area contributed by atoms with E-state index < -0.39 is 9.05 Å². The Bertz CT molecular complexity index is 40.8. The van der Waals surface area contributed by atoms with Crippen LogP contribution in [0.3, 0.4) is 0 Å². The topological polar surface area (TPSA) is 80.9 Å². The molecule has 0 fully saturated rings. The molecule has 0 aromatic rings. The number of hydrogen-bond donors (Lipinski definition) is 4. The third-order valence-electron chi connectivity index (χ3n) is 0. The van der Waals surface area contributed by atoms with E-state index in [-0.39, 0.29) is 61.6 Å². The Morgan fingerprint density at radius 1 is 1.00 bits per heavy atom. The second-order valence-electron chi connectivity index (χ2n) is 0.600. The van der Waals surface area contributed by atoms with Gasteiger partial charge in [0, 0.05) is 0 Å². The Hall–Kier alpha value is 1.75. The van der Waals surface area contributed by atoms with Crippen molar-refractivity contribution in [1.82, 2.24) is 0 Å². The number of hydrogen-bond acceptors (Lipinski definition) is 4. The normalized spacial score (nSPS) is 7.50. The van der Waals surface area contributed by atoms with E-state index in [1.54, 1.807) is 0 Å². The van der Waals surface area contributed by atoms with Crippen LogP contribution in [0.1, 0.15) is 4.28 Å². The van der Waals surface area contributed by atoms with Crippen molar-refractivity contribution in [2.45, 2.75) is 0 Å². The van der Waals surface area contributed by atoms with Crippen LogP contribution < -0.4 is 29.6 Å². The molecule has 0 heterocycles. The van der Waals surface area contributed by atoms with E-state index in [4.69, 9.17) is 19.2 Å². The third-order valence-corrected chi connectivity index (χ3v) is 0. The van der Waals surface area contributed by atoms with Crippen molar-refractivity contribution in [3.63, 3.8) is 0 Å². The van der Waals surface area contributed by atoms with E-state index in [1.807, 2.05) is 0 Å². The van der Waals surface area contributed by atoms with Gasteiger partial charge in [0.15, 0.2) is 0 Å². The first kappa shape index (κ1) is 22.6. The van der Waals surface area contributed by atoms with E-state index in [9.17, 15) is 0 Å². The molecule has 0 amide bonds. The van der Waals surface area contributed by atoms with Crippen LogP contribution in [0.5, 0.6) is 0 Å². The van der Waals surface area contributed by atoms with Gasteiger partial charge in [0.1, 0.15) is 0 Å². The van der Waals surface area contributed by atoms with Gasteiger partial charge in [-0.1, -0.05) is 0 Å². The summed E-state index contributed by atoms with van der Waals surface area (Å²) in [5.74, 6) is 0. The van der Waals surface area contributed by atoms with Crippen molar-refractivity contribution in [1.29, 1.82) is 0 Å². The van der Waals surface area contributed by atoms with E-state index in [0.29, 0.717) is 0 Å². The Kier molecular flexibility index (Phi) is 24.7.